The van der Waals surface area contributed by atoms with Crippen LogP contribution in [-0.4, -0.2) is 11.1 Å². The number of halogens is 2. The van der Waals surface area contributed by atoms with Crippen molar-refractivity contribution in [3.8, 4) is 0 Å². The van der Waals surface area contributed by atoms with E-state index in [0.717, 1.165) is 24.2 Å². The summed E-state index contributed by atoms with van der Waals surface area (Å²) in [5.74, 6) is -1.47. The number of rotatable bonds is 4. The second-order valence-electron chi connectivity index (χ2n) is 5.60. The van der Waals surface area contributed by atoms with E-state index in [0.29, 0.717) is 24.5 Å². The van der Waals surface area contributed by atoms with Crippen molar-refractivity contribution in [3.05, 3.63) is 21.9 Å². The lowest BCUT2D eigenvalue weighted by Gasteiger charge is -2.27. The van der Waals surface area contributed by atoms with Gasteiger partial charge in [0.2, 0.25) is 5.92 Å². The predicted molar refractivity (Wildman–Crippen MR) is 64.1 cm³/mol. The van der Waals surface area contributed by atoms with Crippen molar-refractivity contribution in [2.24, 2.45) is 5.18 Å². The molecule has 0 N–H and O–H groups in total. The van der Waals surface area contributed by atoms with E-state index >= 15 is 0 Å². The Hall–Kier alpha value is -1.33. The molecule has 0 radical (unpaired) electrons. The first-order valence-corrected chi connectivity index (χ1v) is 6.76. The maximum Gasteiger partial charge on any atom is 0.248 e. The van der Waals surface area contributed by atoms with Gasteiger partial charge in [-0.1, -0.05) is 10.3 Å². The van der Waals surface area contributed by atoms with E-state index in [9.17, 15) is 13.7 Å². The third kappa shape index (κ3) is 2.53. The van der Waals surface area contributed by atoms with Crippen LogP contribution in [0, 0.1) is 4.91 Å². The number of hydrogen-bond acceptors (Lipinski definition) is 4. The molecule has 6 heteroatoms. The Morgan fingerprint density at radius 2 is 1.89 bits per heavy atom. The Labute approximate surface area is 109 Å². The van der Waals surface area contributed by atoms with Crippen LogP contribution in [0.2, 0.25) is 0 Å². The lowest BCUT2D eigenvalue weighted by Crippen LogP contribution is -2.24. The van der Waals surface area contributed by atoms with Crippen LogP contribution in [0.1, 0.15) is 67.4 Å². The Kier molecular flexibility index (Phi) is 3.11. The minimum Gasteiger partial charge on any atom is -0.360 e. The molecule has 0 aromatic carbocycles. The molecule has 19 heavy (non-hydrogen) atoms. The Bertz CT molecular complexity index is 473. The fraction of sp³-hybridized carbons (Fsp3) is 0.769. The van der Waals surface area contributed by atoms with Gasteiger partial charge in [-0.15, -0.1) is 0 Å². The predicted octanol–water partition coefficient (Wildman–Crippen LogP) is 4.11. The van der Waals surface area contributed by atoms with Gasteiger partial charge >= 0.3 is 0 Å². The molecule has 2 aliphatic rings. The average Bonchev–Trinajstić information content (AvgIpc) is 3.13. The molecule has 1 aromatic heterocycles. The molecule has 2 fully saturated rings. The molecule has 1 aromatic rings. The van der Waals surface area contributed by atoms with Crippen LogP contribution in [0.15, 0.2) is 9.70 Å². The van der Waals surface area contributed by atoms with Crippen molar-refractivity contribution < 1.29 is 13.3 Å². The molecule has 0 bridgehead atoms. The molecule has 0 unspecified atom stereocenters. The van der Waals surface area contributed by atoms with Gasteiger partial charge < -0.3 is 4.52 Å². The van der Waals surface area contributed by atoms with Crippen molar-refractivity contribution in [2.75, 3.05) is 0 Å². The van der Waals surface area contributed by atoms with Gasteiger partial charge in [0.1, 0.15) is 12.3 Å². The average molecular weight is 270 g/mol. The highest BCUT2D eigenvalue weighted by molar-refractivity contribution is 5.31. The zero-order valence-electron chi connectivity index (χ0n) is 10.6. The SMILES string of the molecule is O=NCc1c(C2CCC(F)(F)CC2)noc1C1CC1. The zero-order chi connectivity index (χ0) is 13.5. The molecule has 4 nitrogen and oxygen atoms in total. The lowest BCUT2D eigenvalue weighted by molar-refractivity contribution is -0.0387. The van der Waals surface area contributed by atoms with E-state index < -0.39 is 5.92 Å². The molecule has 0 atom stereocenters. The fourth-order valence-corrected chi connectivity index (χ4v) is 2.86. The smallest absolute Gasteiger partial charge is 0.248 e. The van der Waals surface area contributed by atoms with Crippen molar-refractivity contribution in [3.63, 3.8) is 0 Å². The maximum atomic E-state index is 13.2. The molecular weight excluding hydrogens is 254 g/mol. The summed E-state index contributed by atoms with van der Waals surface area (Å²) in [6, 6.07) is 0. The minimum atomic E-state index is -2.55. The molecule has 104 valence electrons. The summed E-state index contributed by atoms with van der Waals surface area (Å²) in [4.78, 5) is 10.6. The largest absolute Gasteiger partial charge is 0.360 e. The van der Waals surface area contributed by atoms with E-state index in [1.807, 2.05) is 0 Å². The Morgan fingerprint density at radius 1 is 1.21 bits per heavy atom. The first-order valence-electron chi connectivity index (χ1n) is 6.76. The van der Waals surface area contributed by atoms with Crippen LogP contribution in [0.5, 0.6) is 0 Å². The number of hydrogen-bond donors (Lipinski definition) is 0. The van der Waals surface area contributed by atoms with Gasteiger partial charge in [-0.2, -0.15) is 4.91 Å². The molecule has 0 amide bonds. The Morgan fingerprint density at radius 3 is 2.47 bits per heavy atom. The summed E-state index contributed by atoms with van der Waals surface area (Å²) in [6.07, 6.45) is 2.66. The first kappa shape index (κ1) is 12.7. The third-order valence-corrected chi connectivity index (χ3v) is 4.12. The molecule has 0 saturated heterocycles. The highest BCUT2D eigenvalue weighted by Crippen LogP contribution is 2.46. The molecule has 2 saturated carbocycles. The van der Waals surface area contributed by atoms with E-state index in [2.05, 4.69) is 10.3 Å². The molecule has 3 rings (SSSR count). The van der Waals surface area contributed by atoms with Gasteiger partial charge in [-0.3, -0.25) is 0 Å². The minimum absolute atomic E-state index is 0.0207. The summed E-state index contributed by atoms with van der Waals surface area (Å²) in [6.45, 7) is 0.0392. The van der Waals surface area contributed by atoms with Gasteiger partial charge in [-0.25, -0.2) is 8.78 Å². The van der Waals surface area contributed by atoms with Crippen LogP contribution < -0.4 is 0 Å². The monoisotopic (exact) mass is 270 g/mol. The number of aromatic nitrogens is 1. The molecule has 2 aliphatic carbocycles. The second kappa shape index (κ2) is 4.65. The topological polar surface area (TPSA) is 55.5 Å². The highest BCUT2D eigenvalue weighted by atomic mass is 19.3. The van der Waals surface area contributed by atoms with Crippen LogP contribution in [0.25, 0.3) is 0 Å². The number of alkyl halides is 2. The highest BCUT2D eigenvalue weighted by Gasteiger charge is 2.39. The summed E-state index contributed by atoms with van der Waals surface area (Å²) in [5.41, 5.74) is 1.45. The summed E-state index contributed by atoms with van der Waals surface area (Å²) in [5, 5.41) is 6.98. The van der Waals surface area contributed by atoms with Crippen LogP contribution >= 0.6 is 0 Å². The lowest BCUT2D eigenvalue weighted by atomic mass is 9.83. The van der Waals surface area contributed by atoms with Crippen molar-refractivity contribution >= 4 is 0 Å². The van der Waals surface area contributed by atoms with Gasteiger partial charge in [0, 0.05) is 30.2 Å². The quantitative estimate of drug-likeness (QED) is 0.773. The van der Waals surface area contributed by atoms with Crippen LogP contribution in [0.4, 0.5) is 8.78 Å². The second-order valence-corrected chi connectivity index (χ2v) is 5.60. The van der Waals surface area contributed by atoms with Crippen molar-refractivity contribution in [2.45, 2.75) is 62.8 Å². The Balaban J connectivity index is 1.82. The summed E-state index contributed by atoms with van der Waals surface area (Å²) in [7, 11) is 0. The van der Waals surface area contributed by atoms with Crippen molar-refractivity contribution in [1.29, 1.82) is 0 Å². The maximum absolute atomic E-state index is 13.2. The van der Waals surface area contributed by atoms with Crippen LogP contribution in [-0.2, 0) is 6.54 Å². The van der Waals surface area contributed by atoms with E-state index in [-0.39, 0.29) is 25.3 Å². The van der Waals surface area contributed by atoms with Crippen molar-refractivity contribution in [1.82, 2.24) is 5.16 Å². The van der Waals surface area contributed by atoms with E-state index in [1.54, 1.807) is 0 Å². The van der Waals surface area contributed by atoms with E-state index in [4.69, 9.17) is 4.52 Å². The first-order chi connectivity index (χ1) is 9.11. The van der Waals surface area contributed by atoms with Crippen LogP contribution in [0.3, 0.4) is 0 Å². The van der Waals surface area contributed by atoms with Gasteiger partial charge in [0.25, 0.3) is 0 Å². The number of nitroso groups, excluding NO2 is 1. The summed E-state index contributed by atoms with van der Waals surface area (Å²) < 4.78 is 31.7. The molecule has 0 aliphatic heterocycles. The van der Waals surface area contributed by atoms with Gasteiger partial charge in [0.15, 0.2) is 0 Å². The number of nitrogens with zero attached hydrogens (tertiary/aromatic N) is 2. The van der Waals surface area contributed by atoms with Gasteiger partial charge in [-0.05, 0) is 25.7 Å². The normalized spacial score (nSPS) is 23.5. The fourth-order valence-electron chi connectivity index (χ4n) is 2.86. The summed E-state index contributed by atoms with van der Waals surface area (Å²) >= 11 is 0. The molecule has 1 heterocycles. The third-order valence-electron chi connectivity index (χ3n) is 4.12. The van der Waals surface area contributed by atoms with E-state index in [1.165, 1.54) is 0 Å². The standard InChI is InChI=1S/C13H16F2N2O2/c14-13(15)5-3-8(4-6-13)11-10(7-16-18)12(19-17-11)9-1-2-9/h8-9H,1-7H2. The molecular formula is C13H16F2N2O2. The molecule has 0 spiro atoms. The zero-order valence-corrected chi connectivity index (χ0v) is 10.6. The van der Waals surface area contributed by atoms with Gasteiger partial charge in [0.05, 0.1) is 5.69 Å².